The second kappa shape index (κ2) is 11.5. The summed E-state index contributed by atoms with van der Waals surface area (Å²) in [6.07, 6.45) is -4.05. The van der Waals surface area contributed by atoms with Crippen molar-refractivity contribution in [3.05, 3.63) is 0 Å². The number of phosphoric ester groups is 2. The molecule has 0 aliphatic heterocycles. The van der Waals surface area contributed by atoms with Crippen LogP contribution in [0, 0.1) is 0 Å². The maximum Gasteiger partial charge on any atom is 0.475 e. The van der Waals surface area contributed by atoms with Crippen molar-refractivity contribution in [3.8, 4) is 0 Å². The monoisotopic (exact) mass is 510 g/mol. The summed E-state index contributed by atoms with van der Waals surface area (Å²) in [6.45, 7) is 10.2. The summed E-state index contributed by atoms with van der Waals surface area (Å²) in [4.78, 5) is 25.7. The average Bonchev–Trinajstić information content (AvgIpc) is 2.61. The highest BCUT2D eigenvalue weighted by Crippen LogP contribution is 2.53. The van der Waals surface area contributed by atoms with Crippen LogP contribution >= 0.6 is 15.6 Å². The lowest BCUT2D eigenvalue weighted by Crippen LogP contribution is -2.49. The van der Waals surface area contributed by atoms with Gasteiger partial charge in [-0.15, -0.1) is 0 Å². The van der Waals surface area contributed by atoms with Gasteiger partial charge in [0.1, 0.15) is 0 Å². The number of rotatable bonds is 13. The number of hydrogen-bond donors (Lipinski definition) is 0. The molecular formula is C14H32O12P2Si2. The summed E-state index contributed by atoms with van der Waals surface area (Å²) in [7, 11) is -9.62. The van der Waals surface area contributed by atoms with Crippen molar-refractivity contribution in [1.82, 2.24) is 0 Å². The standard InChI is InChI=1S/C14H32O12P2Si2/c1-19-27(17,20-2)23-11(13(15)25-29(5,6)7)12(14(16)26-30(8,9)10)24-28(18,21-3)22-4/h11-12H,1-10H3. The molecular weight excluding hydrogens is 478 g/mol. The molecule has 0 aromatic rings. The van der Waals surface area contributed by atoms with Crippen molar-refractivity contribution in [3.63, 3.8) is 0 Å². The molecule has 0 heterocycles. The van der Waals surface area contributed by atoms with Gasteiger partial charge >= 0.3 is 27.6 Å². The molecule has 0 aliphatic carbocycles. The first-order valence-corrected chi connectivity index (χ1v) is 18.4. The summed E-state index contributed by atoms with van der Waals surface area (Å²) in [5.41, 5.74) is 0. The average molecular weight is 511 g/mol. The summed E-state index contributed by atoms with van der Waals surface area (Å²) in [5.74, 6) is -2.22. The third kappa shape index (κ3) is 10.3. The van der Waals surface area contributed by atoms with Crippen molar-refractivity contribution >= 4 is 44.2 Å². The van der Waals surface area contributed by atoms with Crippen molar-refractivity contribution in [2.24, 2.45) is 0 Å². The third-order valence-corrected chi connectivity index (χ3v) is 7.32. The lowest BCUT2D eigenvalue weighted by molar-refractivity contribution is -0.161. The molecule has 0 fully saturated rings. The minimum Gasteiger partial charge on any atom is -0.518 e. The predicted molar refractivity (Wildman–Crippen MR) is 112 cm³/mol. The Bertz CT molecular complexity index is 613. The van der Waals surface area contributed by atoms with Gasteiger partial charge in [0.25, 0.3) is 0 Å². The Hall–Kier alpha value is -0.406. The van der Waals surface area contributed by atoms with Crippen LogP contribution in [0.25, 0.3) is 0 Å². The lowest BCUT2D eigenvalue weighted by Gasteiger charge is -2.31. The quantitative estimate of drug-likeness (QED) is 0.265. The van der Waals surface area contributed by atoms with E-state index in [1.165, 1.54) is 0 Å². The maximum atomic E-state index is 12.8. The molecule has 0 aliphatic rings. The van der Waals surface area contributed by atoms with Crippen LogP contribution in [-0.2, 0) is 54.7 Å². The van der Waals surface area contributed by atoms with Gasteiger partial charge in [-0.25, -0.2) is 9.13 Å². The molecule has 2 atom stereocenters. The molecule has 0 rings (SSSR count). The fourth-order valence-electron chi connectivity index (χ4n) is 1.76. The minimum atomic E-state index is -4.32. The second-order valence-electron chi connectivity index (χ2n) is 7.74. The molecule has 0 saturated carbocycles. The molecule has 12 nitrogen and oxygen atoms in total. The fraction of sp³-hybridized carbons (Fsp3) is 0.857. The number of carbonyl (C=O) groups is 2. The molecule has 0 aromatic carbocycles. The molecule has 0 amide bonds. The van der Waals surface area contributed by atoms with Gasteiger partial charge in [-0.2, -0.15) is 0 Å². The first kappa shape index (κ1) is 29.6. The zero-order valence-corrected chi connectivity index (χ0v) is 22.7. The number of hydrogen-bond acceptors (Lipinski definition) is 12. The van der Waals surface area contributed by atoms with Crippen LogP contribution in [0.1, 0.15) is 0 Å². The van der Waals surface area contributed by atoms with E-state index in [9.17, 15) is 18.7 Å². The Labute approximate surface area is 179 Å². The fourth-order valence-corrected chi connectivity index (χ4v) is 4.79. The molecule has 16 heteroatoms. The van der Waals surface area contributed by atoms with Crippen LogP contribution in [-0.4, -0.2) is 69.2 Å². The third-order valence-electron chi connectivity index (χ3n) is 2.93. The van der Waals surface area contributed by atoms with Crippen molar-refractivity contribution in [2.45, 2.75) is 51.5 Å². The van der Waals surface area contributed by atoms with Crippen molar-refractivity contribution in [1.29, 1.82) is 0 Å². The van der Waals surface area contributed by atoms with Crippen LogP contribution < -0.4 is 0 Å². The SMILES string of the molecule is COP(=O)(OC)OC(C(=O)O[Si](C)(C)C)C(OP(=O)(OC)OC)C(=O)O[Si](C)(C)C. The van der Waals surface area contributed by atoms with E-state index in [1.54, 1.807) is 39.3 Å². The van der Waals surface area contributed by atoms with E-state index in [-0.39, 0.29) is 0 Å². The zero-order chi connectivity index (χ0) is 24.0. The maximum absolute atomic E-state index is 12.8. The highest BCUT2D eigenvalue weighted by atomic mass is 31.2. The van der Waals surface area contributed by atoms with Crippen molar-refractivity contribution < 1.29 is 54.7 Å². The Morgan fingerprint density at radius 3 is 1.00 bits per heavy atom. The molecule has 2 unspecified atom stereocenters. The Morgan fingerprint density at radius 1 is 0.600 bits per heavy atom. The second-order valence-corrected chi connectivity index (χ2v) is 20.3. The van der Waals surface area contributed by atoms with E-state index < -0.39 is 56.4 Å². The Kier molecular flexibility index (Phi) is 11.3. The van der Waals surface area contributed by atoms with Gasteiger partial charge in [-0.3, -0.25) is 36.7 Å². The van der Waals surface area contributed by atoms with Crippen LogP contribution in [0.5, 0.6) is 0 Å². The molecule has 30 heavy (non-hydrogen) atoms. The highest BCUT2D eigenvalue weighted by Gasteiger charge is 2.49. The molecule has 178 valence electrons. The van der Waals surface area contributed by atoms with Crippen LogP contribution in [0.3, 0.4) is 0 Å². The lowest BCUT2D eigenvalue weighted by atomic mass is 10.2. The molecule has 0 radical (unpaired) electrons. The van der Waals surface area contributed by atoms with Crippen LogP contribution in [0.4, 0.5) is 0 Å². The minimum absolute atomic E-state index is 1.01. The van der Waals surface area contributed by atoms with E-state index in [4.69, 9.17) is 36.0 Å². The van der Waals surface area contributed by atoms with Crippen LogP contribution in [0.15, 0.2) is 0 Å². The van der Waals surface area contributed by atoms with E-state index in [0.29, 0.717) is 0 Å². The first-order chi connectivity index (χ1) is 13.4. The zero-order valence-electron chi connectivity index (χ0n) is 18.9. The molecule has 0 aromatic heterocycles. The summed E-state index contributed by atoms with van der Waals surface area (Å²) < 4.78 is 65.0. The Morgan fingerprint density at radius 2 is 0.833 bits per heavy atom. The van der Waals surface area contributed by atoms with Crippen molar-refractivity contribution in [2.75, 3.05) is 28.4 Å². The molecule has 0 spiro atoms. The van der Waals surface area contributed by atoms with E-state index in [2.05, 4.69) is 0 Å². The molecule has 0 N–H and O–H groups in total. The number of phosphoric acid groups is 2. The van der Waals surface area contributed by atoms with Gasteiger partial charge in [0.2, 0.25) is 28.8 Å². The molecule has 0 saturated heterocycles. The van der Waals surface area contributed by atoms with Gasteiger partial charge in [-0.05, 0) is 39.3 Å². The summed E-state index contributed by atoms with van der Waals surface area (Å²) in [6, 6.07) is 0. The van der Waals surface area contributed by atoms with Gasteiger partial charge in [-0.1, -0.05) is 0 Å². The normalized spacial score (nSPS) is 15.4. The smallest absolute Gasteiger partial charge is 0.475 e. The highest BCUT2D eigenvalue weighted by molar-refractivity contribution is 7.48. The molecule has 0 bridgehead atoms. The van der Waals surface area contributed by atoms with Gasteiger partial charge in [0, 0.05) is 28.4 Å². The summed E-state index contributed by atoms with van der Waals surface area (Å²) >= 11 is 0. The Balaban J connectivity index is 6.38. The first-order valence-electron chi connectivity index (χ1n) is 8.70. The van der Waals surface area contributed by atoms with Crippen LogP contribution in [0.2, 0.25) is 39.3 Å². The van der Waals surface area contributed by atoms with E-state index in [0.717, 1.165) is 28.4 Å². The van der Waals surface area contributed by atoms with E-state index >= 15 is 0 Å². The largest absolute Gasteiger partial charge is 0.518 e. The topological polar surface area (TPSA) is 142 Å². The van der Waals surface area contributed by atoms with Gasteiger partial charge < -0.3 is 8.85 Å². The number of carbonyl (C=O) groups excluding carboxylic acids is 2. The van der Waals surface area contributed by atoms with Gasteiger partial charge in [0.15, 0.2) is 0 Å². The van der Waals surface area contributed by atoms with E-state index in [1.807, 2.05) is 0 Å². The van der Waals surface area contributed by atoms with Gasteiger partial charge in [0.05, 0.1) is 0 Å². The summed E-state index contributed by atoms with van der Waals surface area (Å²) in [5, 5.41) is 0. The predicted octanol–water partition coefficient (Wildman–Crippen LogP) is 3.31.